The van der Waals surface area contributed by atoms with Crippen molar-refractivity contribution in [2.24, 2.45) is 0 Å². The first kappa shape index (κ1) is 16.6. The van der Waals surface area contributed by atoms with Crippen molar-refractivity contribution in [3.8, 4) is 0 Å². The standard InChI is InChI=1S/C14H23N3O2S2/c1-17-8-4-5-12(17)11-16-21(18,19)10-9-20-14-7-3-2-6-13(14)15/h2-3,6-7,12,16H,4-5,8-11,15H2,1H3. The van der Waals surface area contributed by atoms with Crippen LogP contribution in [0.15, 0.2) is 29.2 Å². The first-order valence-corrected chi connectivity index (χ1v) is 9.76. The van der Waals surface area contributed by atoms with Gasteiger partial charge >= 0.3 is 0 Å². The number of nitrogens with two attached hydrogens (primary N) is 1. The highest BCUT2D eigenvalue weighted by atomic mass is 32.2. The molecule has 1 unspecified atom stereocenters. The highest BCUT2D eigenvalue weighted by molar-refractivity contribution is 8.00. The van der Waals surface area contributed by atoms with Crippen LogP contribution in [-0.2, 0) is 10.0 Å². The number of para-hydroxylation sites is 1. The number of nitrogens with one attached hydrogen (secondary N) is 1. The molecule has 1 aromatic rings. The van der Waals surface area contributed by atoms with Gasteiger partial charge in [-0.25, -0.2) is 13.1 Å². The first-order chi connectivity index (χ1) is 9.98. The van der Waals surface area contributed by atoms with Crippen molar-refractivity contribution in [2.45, 2.75) is 23.8 Å². The molecule has 0 radical (unpaired) electrons. The van der Waals surface area contributed by atoms with Crippen LogP contribution in [0.1, 0.15) is 12.8 Å². The topological polar surface area (TPSA) is 75.4 Å². The van der Waals surface area contributed by atoms with E-state index in [2.05, 4.69) is 9.62 Å². The molecule has 1 aromatic carbocycles. The highest BCUT2D eigenvalue weighted by Crippen LogP contribution is 2.24. The smallest absolute Gasteiger partial charge is 0.212 e. The molecule has 0 bridgehead atoms. The van der Waals surface area contributed by atoms with Crippen molar-refractivity contribution in [3.63, 3.8) is 0 Å². The van der Waals surface area contributed by atoms with Gasteiger partial charge in [0.1, 0.15) is 0 Å². The predicted octanol–water partition coefficient (Wildman–Crippen LogP) is 1.37. The molecular weight excluding hydrogens is 306 g/mol. The zero-order chi connectivity index (χ0) is 15.3. The van der Waals surface area contributed by atoms with Crippen LogP contribution in [0.2, 0.25) is 0 Å². The van der Waals surface area contributed by atoms with Gasteiger partial charge in [0.15, 0.2) is 0 Å². The molecule has 1 atom stereocenters. The minimum absolute atomic E-state index is 0.114. The predicted molar refractivity (Wildman–Crippen MR) is 89.0 cm³/mol. The molecule has 0 aromatic heterocycles. The second-order valence-electron chi connectivity index (χ2n) is 5.33. The summed E-state index contributed by atoms with van der Waals surface area (Å²) in [6, 6.07) is 7.84. The number of anilines is 1. The lowest BCUT2D eigenvalue weighted by molar-refractivity contribution is 0.311. The molecule has 118 valence electrons. The summed E-state index contributed by atoms with van der Waals surface area (Å²) in [4.78, 5) is 3.14. The second-order valence-corrected chi connectivity index (χ2v) is 8.39. The fourth-order valence-electron chi connectivity index (χ4n) is 2.41. The zero-order valence-electron chi connectivity index (χ0n) is 12.3. The van der Waals surface area contributed by atoms with E-state index in [0.29, 0.717) is 24.0 Å². The number of likely N-dealkylation sites (tertiary alicyclic amines) is 1. The molecule has 1 saturated heterocycles. The maximum atomic E-state index is 12.0. The number of hydrogen-bond acceptors (Lipinski definition) is 5. The van der Waals surface area contributed by atoms with E-state index in [1.54, 1.807) is 0 Å². The van der Waals surface area contributed by atoms with Crippen molar-refractivity contribution >= 4 is 27.5 Å². The molecule has 0 saturated carbocycles. The minimum Gasteiger partial charge on any atom is -0.398 e. The van der Waals surface area contributed by atoms with E-state index >= 15 is 0 Å². The molecule has 1 aliphatic heterocycles. The van der Waals surface area contributed by atoms with Gasteiger partial charge in [-0.2, -0.15) is 0 Å². The maximum Gasteiger partial charge on any atom is 0.212 e. The molecular formula is C14H23N3O2S2. The zero-order valence-corrected chi connectivity index (χ0v) is 13.9. The molecule has 1 heterocycles. The summed E-state index contributed by atoms with van der Waals surface area (Å²) >= 11 is 1.48. The van der Waals surface area contributed by atoms with Gasteiger partial charge in [-0.1, -0.05) is 12.1 Å². The van der Waals surface area contributed by atoms with E-state index in [1.165, 1.54) is 11.8 Å². The van der Waals surface area contributed by atoms with Gasteiger partial charge in [-0.3, -0.25) is 0 Å². The van der Waals surface area contributed by atoms with Crippen molar-refractivity contribution < 1.29 is 8.42 Å². The third-order valence-electron chi connectivity index (χ3n) is 3.74. The van der Waals surface area contributed by atoms with Gasteiger partial charge in [0, 0.05) is 28.9 Å². The van der Waals surface area contributed by atoms with Gasteiger partial charge in [-0.15, -0.1) is 11.8 Å². The molecule has 2 rings (SSSR count). The average Bonchev–Trinajstić information content (AvgIpc) is 2.84. The monoisotopic (exact) mass is 329 g/mol. The summed E-state index contributed by atoms with van der Waals surface area (Å²) in [7, 11) is -1.17. The largest absolute Gasteiger partial charge is 0.398 e. The number of rotatable bonds is 7. The number of nitrogen functional groups attached to an aromatic ring is 1. The second kappa shape index (κ2) is 7.49. The summed E-state index contributed by atoms with van der Waals surface area (Å²) in [5, 5.41) is 0. The Balaban J connectivity index is 1.75. The average molecular weight is 329 g/mol. The molecule has 0 amide bonds. The summed E-state index contributed by atoms with van der Waals surface area (Å²) in [6.07, 6.45) is 2.21. The molecule has 7 heteroatoms. The normalized spacial score (nSPS) is 20.0. The Morgan fingerprint density at radius 3 is 2.86 bits per heavy atom. The maximum absolute atomic E-state index is 12.0. The number of hydrogen-bond donors (Lipinski definition) is 2. The van der Waals surface area contributed by atoms with E-state index in [1.807, 2.05) is 31.3 Å². The van der Waals surface area contributed by atoms with E-state index in [-0.39, 0.29) is 5.75 Å². The number of likely N-dealkylation sites (N-methyl/N-ethyl adjacent to an activating group) is 1. The fourth-order valence-corrected chi connectivity index (χ4v) is 4.84. The van der Waals surface area contributed by atoms with Gasteiger partial charge in [0.25, 0.3) is 0 Å². The quantitative estimate of drug-likeness (QED) is 0.584. The Labute approximate surface area is 131 Å². The van der Waals surface area contributed by atoms with Crippen LogP contribution in [0, 0.1) is 0 Å². The Bertz CT molecular complexity index is 563. The van der Waals surface area contributed by atoms with Gasteiger partial charge < -0.3 is 10.6 Å². The van der Waals surface area contributed by atoms with E-state index in [9.17, 15) is 8.42 Å². The molecule has 3 N–H and O–H groups in total. The van der Waals surface area contributed by atoms with Crippen LogP contribution in [-0.4, -0.2) is 51.0 Å². The number of thioether (sulfide) groups is 1. The lowest BCUT2D eigenvalue weighted by Gasteiger charge is -2.19. The van der Waals surface area contributed by atoms with Crippen LogP contribution in [0.25, 0.3) is 0 Å². The Hall–Kier alpha value is -0.760. The summed E-state index contributed by atoms with van der Waals surface area (Å²) < 4.78 is 26.7. The van der Waals surface area contributed by atoms with Crippen molar-refractivity contribution in [2.75, 3.05) is 37.4 Å². The van der Waals surface area contributed by atoms with Crippen LogP contribution < -0.4 is 10.5 Å². The van der Waals surface area contributed by atoms with Gasteiger partial charge in [0.05, 0.1) is 5.75 Å². The van der Waals surface area contributed by atoms with Crippen molar-refractivity contribution in [1.82, 2.24) is 9.62 Å². The number of sulfonamides is 1. The minimum atomic E-state index is -3.21. The van der Waals surface area contributed by atoms with Crippen LogP contribution in [0.3, 0.4) is 0 Å². The van der Waals surface area contributed by atoms with Crippen LogP contribution >= 0.6 is 11.8 Å². The Morgan fingerprint density at radius 2 is 2.19 bits per heavy atom. The lowest BCUT2D eigenvalue weighted by atomic mass is 10.2. The molecule has 1 fully saturated rings. The molecule has 1 aliphatic rings. The van der Waals surface area contributed by atoms with Gasteiger partial charge in [-0.05, 0) is 38.6 Å². The third kappa shape index (κ3) is 5.18. The highest BCUT2D eigenvalue weighted by Gasteiger charge is 2.22. The van der Waals surface area contributed by atoms with Gasteiger partial charge in [0.2, 0.25) is 10.0 Å². The molecule has 0 aliphatic carbocycles. The molecule has 21 heavy (non-hydrogen) atoms. The summed E-state index contributed by atoms with van der Waals surface area (Å²) in [6.45, 7) is 1.56. The number of benzene rings is 1. The van der Waals surface area contributed by atoms with E-state index in [0.717, 1.165) is 24.3 Å². The molecule has 0 spiro atoms. The van der Waals surface area contributed by atoms with Crippen LogP contribution in [0.4, 0.5) is 5.69 Å². The summed E-state index contributed by atoms with van der Waals surface area (Å²) in [5.74, 6) is 0.618. The van der Waals surface area contributed by atoms with Crippen LogP contribution in [0.5, 0.6) is 0 Å². The number of nitrogens with zero attached hydrogens (tertiary/aromatic N) is 1. The Morgan fingerprint density at radius 1 is 1.43 bits per heavy atom. The van der Waals surface area contributed by atoms with Crippen molar-refractivity contribution in [1.29, 1.82) is 0 Å². The summed E-state index contributed by atoms with van der Waals surface area (Å²) in [5.41, 5.74) is 6.53. The Kier molecular flexibility index (Phi) is 5.92. The third-order valence-corrected chi connectivity index (χ3v) is 6.44. The molecule has 5 nitrogen and oxygen atoms in total. The lowest BCUT2D eigenvalue weighted by Crippen LogP contribution is -2.39. The first-order valence-electron chi connectivity index (χ1n) is 7.13. The van der Waals surface area contributed by atoms with Crippen molar-refractivity contribution in [3.05, 3.63) is 24.3 Å². The van der Waals surface area contributed by atoms with E-state index in [4.69, 9.17) is 5.73 Å². The SMILES string of the molecule is CN1CCCC1CNS(=O)(=O)CCSc1ccccc1N. The van der Waals surface area contributed by atoms with E-state index < -0.39 is 10.0 Å². The fraction of sp³-hybridized carbons (Fsp3) is 0.571.